The molecule has 1 saturated carbocycles. The quantitative estimate of drug-likeness (QED) is 0.482. The summed E-state index contributed by atoms with van der Waals surface area (Å²) < 4.78 is 10.6. The zero-order valence-corrected chi connectivity index (χ0v) is 15.0. The summed E-state index contributed by atoms with van der Waals surface area (Å²) in [6.45, 7) is 6.92. The SMILES string of the molecule is CCCCCCCOC(=O)C1(NC(=O)OCC(C)C)CCCC1. The molecule has 1 rings (SSSR count). The van der Waals surface area contributed by atoms with E-state index in [-0.39, 0.29) is 11.9 Å². The fourth-order valence-corrected chi connectivity index (χ4v) is 2.84. The van der Waals surface area contributed by atoms with Crippen molar-refractivity contribution in [1.82, 2.24) is 5.32 Å². The largest absolute Gasteiger partial charge is 0.464 e. The molecule has 0 saturated heterocycles. The van der Waals surface area contributed by atoms with Gasteiger partial charge in [0.05, 0.1) is 13.2 Å². The highest BCUT2D eigenvalue weighted by atomic mass is 16.6. The molecule has 5 heteroatoms. The van der Waals surface area contributed by atoms with Crippen LogP contribution in [0.3, 0.4) is 0 Å². The zero-order valence-electron chi connectivity index (χ0n) is 15.0. The Morgan fingerprint density at radius 1 is 1.04 bits per heavy atom. The minimum absolute atomic E-state index is 0.273. The van der Waals surface area contributed by atoms with E-state index in [1.807, 2.05) is 13.8 Å². The zero-order chi connectivity index (χ0) is 17.1. The number of rotatable bonds is 10. The lowest BCUT2D eigenvalue weighted by molar-refractivity contribution is -0.151. The van der Waals surface area contributed by atoms with Crippen LogP contribution in [0.15, 0.2) is 0 Å². The van der Waals surface area contributed by atoms with Crippen molar-refractivity contribution < 1.29 is 19.1 Å². The number of amides is 1. The Balaban J connectivity index is 2.39. The maximum atomic E-state index is 12.4. The summed E-state index contributed by atoms with van der Waals surface area (Å²) in [5, 5.41) is 2.77. The van der Waals surface area contributed by atoms with Gasteiger partial charge in [0, 0.05) is 0 Å². The van der Waals surface area contributed by atoms with Crippen LogP contribution in [0.1, 0.15) is 78.6 Å². The molecule has 0 aliphatic heterocycles. The molecule has 0 spiro atoms. The Morgan fingerprint density at radius 3 is 2.30 bits per heavy atom. The fourth-order valence-electron chi connectivity index (χ4n) is 2.84. The van der Waals surface area contributed by atoms with E-state index in [9.17, 15) is 9.59 Å². The van der Waals surface area contributed by atoms with Crippen LogP contribution < -0.4 is 5.32 Å². The molecule has 134 valence electrons. The number of hydrogen-bond donors (Lipinski definition) is 1. The Labute approximate surface area is 140 Å². The van der Waals surface area contributed by atoms with Crippen LogP contribution in [0.5, 0.6) is 0 Å². The number of hydrogen-bond acceptors (Lipinski definition) is 4. The molecular weight excluding hydrogens is 294 g/mol. The van der Waals surface area contributed by atoms with Gasteiger partial charge < -0.3 is 14.8 Å². The van der Waals surface area contributed by atoms with Crippen molar-refractivity contribution in [2.24, 2.45) is 5.92 Å². The van der Waals surface area contributed by atoms with Gasteiger partial charge in [0.2, 0.25) is 0 Å². The highest BCUT2D eigenvalue weighted by Gasteiger charge is 2.44. The Kier molecular flexibility index (Phi) is 9.03. The second-order valence-corrected chi connectivity index (χ2v) is 6.96. The summed E-state index contributed by atoms with van der Waals surface area (Å²) in [7, 11) is 0. The third kappa shape index (κ3) is 7.23. The molecule has 0 unspecified atom stereocenters. The second-order valence-electron chi connectivity index (χ2n) is 6.96. The standard InChI is InChI=1S/C18H33NO4/c1-4-5-6-7-10-13-22-16(20)18(11-8-9-12-18)19-17(21)23-14-15(2)3/h15H,4-14H2,1-3H3,(H,19,21). The molecule has 1 amide bonds. The van der Waals surface area contributed by atoms with Crippen LogP contribution in [0, 0.1) is 5.92 Å². The van der Waals surface area contributed by atoms with E-state index in [1.165, 1.54) is 19.3 Å². The summed E-state index contributed by atoms with van der Waals surface area (Å²) in [4.78, 5) is 24.4. The van der Waals surface area contributed by atoms with Gasteiger partial charge in [-0.3, -0.25) is 0 Å². The van der Waals surface area contributed by atoms with Crippen LogP contribution in [-0.4, -0.2) is 30.8 Å². The van der Waals surface area contributed by atoms with Gasteiger partial charge in [0.15, 0.2) is 0 Å². The predicted molar refractivity (Wildman–Crippen MR) is 90.2 cm³/mol. The molecule has 1 aliphatic carbocycles. The Hall–Kier alpha value is -1.26. The van der Waals surface area contributed by atoms with Gasteiger partial charge >= 0.3 is 12.1 Å². The summed E-state index contributed by atoms with van der Waals surface area (Å²) in [5.74, 6) is -0.0256. The number of ether oxygens (including phenoxy) is 2. The first-order chi connectivity index (χ1) is 11.0. The maximum absolute atomic E-state index is 12.4. The van der Waals surface area contributed by atoms with Gasteiger partial charge in [-0.25, -0.2) is 9.59 Å². The van der Waals surface area contributed by atoms with E-state index < -0.39 is 11.6 Å². The lowest BCUT2D eigenvalue weighted by atomic mass is 9.98. The second kappa shape index (κ2) is 10.5. The first kappa shape index (κ1) is 19.8. The summed E-state index contributed by atoms with van der Waals surface area (Å²) in [6.07, 6.45) is 8.19. The fraction of sp³-hybridized carbons (Fsp3) is 0.889. The number of carbonyl (C=O) groups is 2. The van der Waals surface area contributed by atoms with E-state index in [0.717, 1.165) is 25.7 Å². The summed E-state index contributed by atoms with van der Waals surface area (Å²) >= 11 is 0. The Bertz CT molecular complexity index is 362. The average Bonchev–Trinajstić information content (AvgIpc) is 2.98. The van der Waals surface area contributed by atoms with Gasteiger partial charge in [-0.2, -0.15) is 0 Å². The highest BCUT2D eigenvalue weighted by Crippen LogP contribution is 2.31. The van der Waals surface area contributed by atoms with Crippen molar-refractivity contribution in [3.63, 3.8) is 0 Å². The number of unbranched alkanes of at least 4 members (excludes halogenated alkanes) is 4. The van der Waals surface area contributed by atoms with Gasteiger partial charge in [-0.1, -0.05) is 59.3 Å². The van der Waals surface area contributed by atoms with Crippen LogP contribution in [0.2, 0.25) is 0 Å². The molecule has 0 bridgehead atoms. The van der Waals surface area contributed by atoms with Gasteiger partial charge in [-0.05, 0) is 25.2 Å². The molecule has 23 heavy (non-hydrogen) atoms. The van der Waals surface area contributed by atoms with E-state index in [4.69, 9.17) is 9.47 Å². The third-order valence-corrected chi connectivity index (χ3v) is 4.22. The number of alkyl carbamates (subject to hydrolysis) is 1. The summed E-state index contributed by atoms with van der Waals surface area (Å²) in [5.41, 5.74) is -0.877. The lowest BCUT2D eigenvalue weighted by Crippen LogP contribution is -2.53. The molecule has 0 radical (unpaired) electrons. The van der Waals surface area contributed by atoms with Crippen LogP contribution >= 0.6 is 0 Å². The molecule has 0 aromatic rings. The monoisotopic (exact) mass is 327 g/mol. The molecule has 0 heterocycles. The highest BCUT2D eigenvalue weighted by molar-refractivity contribution is 5.86. The molecule has 0 aromatic carbocycles. The minimum atomic E-state index is -0.877. The molecule has 1 N–H and O–H groups in total. The van der Waals surface area contributed by atoms with Crippen molar-refractivity contribution in [1.29, 1.82) is 0 Å². The molecule has 0 atom stereocenters. The number of nitrogens with one attached hydrogen (secondary N) is 1. The Morgan fingerprint density at radius 2 is 1.70 bits per heavy atom. The topological polar surface area (TPSA) is 64.6 Å². The van der Waals surface area contributed by atoms with Gasteiger partial charge in [0.1, 0.15) is 5.54 Å². The van der Waals surface area contributed by atoms with E-state index in [0.29, 0.717) is 26.1 Å². The van der Waals surface area contributed by atoms with Crippen molar-refractivity contribution in [3.05, 3.63) is 0 Å². The van der Waals surface area contributed by atoms with Gasteiger partial charge in [0.25, 0.3) is 0 Å². The van der Waals surface area contributed by atoms with Crippen molar-refractivity contribution in [2.75, 3.05) is 13.2 Å². The maximum Gasteiger partial charge on any atom is 0.408 e. The lowest BCUT2D eigenvalue weighted by Gasteiger charge is -2.27. The van der Waals surface area contributed by atoms with E-state index in [2.05, 4.69) is 12.2 Å². The van der Waals surface area contributed by atoms with Crippen molar-refractivity contribution >= 4 is 12.1 Å². The molecule has 1 fully saturated rings. The normalized spacial score (nSPS) is 16.3. The summed E-state index contributed by atoms with van der Waals surface area (Å²) in [6, 6.07) is 0. The van der Waals surface area contributed by atoms with E-state index in [1.54, 1.807) is 0 Å². The third-order valence-electron chi connectivity index (χ3n) is 4.22. The van der Waals surface area contributed by atoms with Crippen molar-refractivity contribution in [3.8, 4) is 0 Å². The first-order valence-electron chi connectivity index (χ1n) is 9.12. The van der Waals surface area contributed by atoms with Crippen molar-refractivity contribution in [2.45, 2.75) is 84.1 Å². The molecule has 5 nitrogen and oxygen atoms in total. The predicted octanol–water partition coefficient (Wildman–Crippen LogP) is 4.20. The van der Waals surface area contributed by atoms with E-state index >= 15 is 0 Å². The van der Waals surface area contributed by atoms with Crippen LogP contribution in [0.4, 0.5) is 4.79 Å². The number of carbonyl (C=O) groups excluding carboxylic acids is 2. The molecule has 1 aliphatic rings. The first-order valence-corrected chi connectivity index (χ1v) is 9.12. The molecule has 0 aromatic heterocycles. The van der Waals surface area contributed by atoms with Gasteiger partial charge in [-0.15, -0.1) is 0 Å². The number of esters is 1. The van der Waals surface area contributed by atoms with Crippen LogP contribution in [-0.2, 0) is 14.3 Å². The molecular formula is C18H33NO4. The minimum Gasteiger partial charge on any atom is -0.464 e. The smallest absolute Gasteiger partial charge is 0.408 e. The van der Waals surface area contributed by atoms with Crippen LogP contribution in [0.25, 0.3) is 0 Å². The average molecular weight is 327 g/mol.